The normalized spacial score (nSPS) is 10.9. The Morgan fingerprint density at radius 3 is 2.64 bits per heavy atom. The zero-order chi connectivity index (χ0) is 23.2. The molecule has 0 aliphatic carbocycles. The van der Waals surface area contributed by atoms with Gasteiger partial charge in [0, 0.05) is 29.3 Å². The minimum absolute atomic E-state index is 0.0326. The van der Waals surface area contributed by atoms with Crippen LogP contribution in [0.2, 0.25) is 5.02 Å². The molecule has 0 spiro atoms. The molecule has 7 nitrogen and oxygen atoms in total. The van der Waals surface area contributed by atoms with Crippen molar-refractivity contribution >= 4 is 35.0 Å². The second kappa shape index (κ2) is 10.4. The molecule has 1 amide bonds. The highest BCUT2D eigenvalue weighted by Crippen LogP contribution is 2.30. The lowest BCUT2D eigenvalue weighted by Crippen LogP contribution is -2.14. The SMILES string of the molecule is O=C(CSc1nnc(-c2cccnc2)n1-c1ccccc1)Nc1ccc(OC(F)F)c(Cl)c1. The lowest BCUT2D eigenvalue weighted by atomic mass is 10.2. The van der Waals surface area contributed by atoms with Gasteiger partial charge in [-0.25, -0.2) is 0 Å². The Morgan fingerprint density at radius 2 is 1.94 bits per heavy atom. The Kier molecular flexibility index (Phi) is 7.16. The van der Waals surface area contributed by atoms with Crippen LogP contribution in [-0.2, 0) is 4.79 Å². The van der Waals surface area contributed by atoms with Crippen molar-refractivity contribution in [3.63, 3.8) is 0 Å². The quantitative estimate of drug-likeness (QED) is 0.339. The van der Waals surface area contributed by atoms with Crippen molar-refractivity contribution in [2.45, 2.75) is 11.8 Å². The predicted molar refractivity (Wildman–Crippen MR) is 122 cm³/mol. The van der Waals surface area contributed by atoms with Gasteiger partial charge < -0.3 is 10.1 Å². The van der Waals surface area contributed by atoms with Crippen LogP contribution < -0.4 is 10.1 Å². The van der Waals surface area contributed by atoms with E-state index in [1.54, 1.807) is 12.4 Å². The van der Waals surface area contributed by atoms with Gasteiger partial charge in [-0.05, 0) is 42.5 Å². The van der Waals surface area contributed by atoms with Crippen LogP contribution in [0.1, 0.15) is 0 Å². The lowest BCUT2D eigenvalue weighted by Gasteiger charge is -2.11. The van der Waals surface area contributed by atoms with Crippen LogP contribution in [0.5, 0.6) is 5.75 Å². The zero-order valence-electron chi connectivity index (χ0n) is 16.9. The third-order valence-corrected chi connectivity index (χ3v) is 5.56. The fourth-order valence-electron chi connectivity index (χ4n) is 2.95. The molecule has 33 heavy (non-hydrogen) atoms. The molecular weight excluding hydrogens is 472 g/mol. The van der Waals surface area contributed by atoms with Crippen molar-refractivity contribution in [1.82, 2.24) is 19.7 Å². The summed E-state index contributed by atoms with van der Waals surface area (Å²) in [6.45, 7) is -2.99. The first-order valence-electron chi connectivity index (χ1n) is 9.59. The van der Waals surface area contributed by atoms with E-state index in [0.717, 1.165) is 11.3 Å². The maximum atomic E-state index is 12.5. The highest BCUT2D eigenvalue weighted by Gasteiger charge is 2.18. The summed E-state index contributed by atoms with van der Waals surface area (Å²) in [5.41, 5.74) is 1.98. The second-order valence-corrected chi connectivity index (χ2v) is 7.93. The number of pyridine rings is 1. The van der Waals surface area contributed by atoms with Gasteiger partial charge in [0.1, 0.15) is 5.75 Å². The van der Waals surface area contributed by atoms with Crippen LogP contribution in [0, 0.1) is 0 Å². The number of thioether (sulfide) groups is 1. The monoisotopic (exact) mass is 487 g/mol. The van der Waals surface area contributed by atoms with Gasteiger partial charge in [-0.1, -0.05) is 41.6 Å². The Balaban J connectivity index is 1.50. The van der Waals surface area contributed by atoms with Crippen LogP contribution in [0.15, 0.2) is 78.2 Å². The molecule has 0 saturated carbocycles. The van der Waals surface area contributed by atoms with E-state index in [4.69, 9.17) is 11.6 Å². The molecule has 2 aromatic heterocycles. The van der Waals surface area contributed by atoms with Gasteiger partial charge in [0.05, 0.1) is 10.8 Å². The first kappa shape index (κ1) is 22.7. The minimum atomic E-state index is -2.99. The molecule has 0 radical (unpaired) electrons. The largest absolute Gasteiger partial charge is 0.433 e. The fourth-order valence-corrected chi connectivity index (χ4v) is 3.93. The zero-order valence-corrected chi connectivity index (χ0v) is 18.4. The van der Waals surface area contributed by atoms with Gasteiger partial charge >= 0.3 is 6.61 Å². The van der Waals surface area contributed by atoms with Crippen molar-refractivity contribution in [1.29, 1.82) is 0 Å². The first-order chi connectivity index (χ1) is 16.0. The van der Waals surface area contributed by atoms with Crippen molar-refractivity contribution in [3.05, 3.63) is 78.1 Å². The number of aromatic nitrogens is 4. The summed E-state index contributed by atoms with van der Waals surface area (Å²) in [6, 6.07) is 17.3. The highest BCUT2D eigenvalue weighted by molar-refractivity contribution is 7.99. The maximum Gasteiger partial charge on any atom is 0.387 e. The van der Waals surface area contributed by atoms with Crippen LogP contribution in [0.25, 0.3) is 17.1 Å². The molecule has 4 rings (SSSR count). The average molecular weight is 488 g/mol. The van der Waals surface area contributed by atoms with E-state index in [1.165, 1.54) is 30.0 Å². The summed E-state index contributed by atoms with van der Waals surface area (Å²) in [5, 5.41) is 11.7. The van der Waals surface area contributed by atoms with Gasteiger partial charge in [0.15, 0.2) is 11.0 Å². The van der Waals surface area contributed by atoms with Crippen molar-refractivity contribution in [2.75, 3.05) is 11.1 Å². The number of anilines is 1. The van der Waals surface area contributed by atoms with E-state index in [9.17, 15) is 13.6 Å². The number of benzene rings is 2. The molecule has 0 fully saturated rings. The Labute approximate surface area is 196 Å². The molecule has 2 aromatic carbocycles. The summed E-state index contributed by atoms with van der Waals surface area (Å²) in [5.74, 6) is 0.130. The van der Waals surface area contributed by atoms with E-state index in [2.05, 4.69) is 25.2 Å². The number of amides is 1. The van der Waals surface area contributed by atoms with Crippen molar-refractivity contribution in [3.8, 4) is 22.8 Å². The maximum absolute atomic E-state index is 12.5. The Morgan fingerprint density at radius 1 is 1.12 bits per heavy atom. The molecule has 0 atom stereocenters. The minimum Gasteiger partial charge on any atom is -0.433 e. The van der Waals surface area contributed by atoms with Gasteiger partial charge in [-0.15, -0.1) is 10.2 Å². The third-order valence-electron chi connectivity index (χ3n) is 4.33. The van der Waals surface area contributed by atoms with Crippen LogP contribution in [-0.4, -0.2) is 38.0 Å². The van der Waals surface area contributed by atoms with Crippen molar-refractivity contribution < 1.29 is 18.3 Å². The van der Waals surface area contributed by atoms with Gasteiger partial charge in [0.2, 0.25) is 5.91 Å². The third kappa shape index (κ3) is 5.65. The van der Waals surface area contributed by atoms with Crippen molar-refractivity contribution in [2.24, 2.45) is 0 Å². The van der Waals surface area contributed by atoms with Gasteiger partial charge in [-0.3, -0.25) is 14.3 Å². The number of para-hydroxylation sites is 1. The van der Waals surface area contributed by atoms with E-state index < -0.39 is 6.61 Å². The number of hydrogen-bond donors (Lipinski definition) is 1. The van der Waals surface area contributed by atoms with E-state index in [0.29, 0.717) is 16.7 Å². The molecule has 0 unspecified atom stereocenters. The number of hydrogen-bond acceptors (Lipinski definition) is 6. The van der Waals surface area contributed by atoms with Crippen LogP contribution in [0.4, 0.5) is 14.5 Å². The number of nitrogens with one attached hydrogen (secondary N) is 1. The van der Waals surface area contributed by atoms with Crippen LogP contribution in [0.3, 0.4) is 0 Å². The topological polar surface area (TPSA) is 81.9 Å². The fraction of sp³-hybridized carbons (Fsp3) is 0.0909. The molecule has 168 valence electrons. The standard InChI is InChI=1S/C22H16ClF2N5O2S/c23-17-11-15(8-9-18(17)32-21(24)25)27-19(31)13-33-22-29-28-20(14-5-4-10-26-12-14)30(22)16-6-2-1-3-7-16/h1-12,21H,13H2,(H,27,31). The number of ether oxygens (including phenoxy) is 1. The van der Waals surface area contributed by atoms with Crippen LogP contribution >= 0.6 is 23.4 Å². The molecular formula is C22H16ClF2N5O2S. The molecule has 1 N–H and O–H groups in total. The summed E-state index contributed by atoms with van der Waals surface area (Å²) in [4.78, 5) is 16.6. The van der Waals surface area contributed by atoms with E-state index >= 15 is 0 Å². The Bertz CT molecular complexity index is 1240. The predicted octanol–water partition coefficient (Wildman–Crippen LogP) is 5.31. The molecule has 11 heteroatoms. The number of alkyl halides is 2. The first-order valence-corrected chi connectivity index (χ1v) is 11.0. The smallest absolute Gasteiger partial charge is 0.387 e. The lowest BCUT2D eigenvalue weighted by molar-refractivity contribution is -0.113. The molecule has 0 bridgehead atoms. The molecule has 0 aliphatic heterocycles. The molecule has 2 heterocycles. The van der Waals surface area contributed by atoms with Gasteiger partial charge in [0.25, 0.3) is 0 Å². The number of halogens is 3. The Hall–Kier alpha value is -3.50. The average Bonchev–Trinajstić information content (AvgIpc) is 3.24. The molecule has 0 aliphatic rings. The molecule has 0 saturated heterocycles. The van der Waals surface area contributed by atoms with E-state index in [1.807, 2.05) is 47.0 Å². The number of carbonyl (C=O) groups is 1. The van der Waals surface area contributed by atoms with E-state index in [-0.39, 0.29) is 22.4 Å². The molecule has 4 aromatic rings. The second-order valence-electron chi connectivity index (χ2n) is 6.58. The van der Waals surface area contributed by atoms with Gasteiger partial charge in [-0.2, -0.15) is 8.78 Å². The highest BCUT2D eigenvalue weighted by atomic mass is 35.5. The number of rotatable bonds is 8. The summed E-state index contributed by atoms with van der Waals surface area (Å²) < 4.78 is 30.9. The summed E-state index contributed by atoms with van der Waals surface area (Å²) >= 11 is 7.14. The number of carbonyl (C=O) groups excluding carboxylic acids is 1. The number of nitrogens with zero attached hydrogens (tertiary/aromatic N) is 4. The summed E-state index contributed by atoms with van der Waals surface area (Å²) in [6.07, 6.45) is 3.36. The summed E-state index contributed by atoms with van der Waals surface area (Å²) in [7, 11) is 0.